The Balaban J connectivity index is 1.66. The van der Waals surface area contributed by atoms with E-state index in [4.69, 9.17) is 0 Å². The number of aromatic nitrogens is 4. The van der Waals surface area contributed by atoms with Crippen LogP contribution in [0.1, 0.15) is 5.56 Å². The number of rotatable bonds is 5. The van der Waals surface area contributed by atoms with Gasteiger partial charge in [0.25, 0.3) is 0 Å². The van der Waals surface area contributed by atoms with Gasteiger partial charge in [-0.1, -0.05) is 30.3 Å². The molecule has 21 heavy (non-hydrogen) atoms. The van der Waals surface area contributed by atoms with E-state index in [9.17, 15) is 0 Å². The van der Waals surface area contributed by atoms with E-state index in [0.717, 1.165) is 5.82 Å². The van der Waals surface area contributed by atoms with Crippen LogP contribution in [0.15, 0.2) is 61.3 Å². The highest BCUT2D eigenvalue weighted by atomic mass is 15.1. The van der Waals surface area contributed by atoms with Gasteiger partial charge in [-0.3, -0.25) is 4.98 Å². The summed E-state index contributed by atoms with van der Waals surface area (Å²) in [6.07, 6.45) is 6.39. The summed E-state index contributed by atoms with van der Waals surface area (Å²) in [5.41, 5.74) is 1.19. The Labute approximate surface area is 122 Å². The molecule has 0 amide bonds. The maximum atomic E-state index is 4.20. The van der Waals surface area contributed by atoms with E-state index in [1.54, 1.807) is 18.6 Å². The van der Waals surface area contributed by atoms with Gasteiger partial charge >= 0.3 is 0 Å². The molecule has 0 fully saturated rings. The molecule has 0 bridgehead atoms. The molecule has 0 atom stereocenters. The van der Waals surface area contributed by atoms with Crippen molar-refractivity contribution in [1.29, 1.82) is 0 Å². The van der Waals surface area contributed by atoms with Crippen LogP contribution in [0.5, 0.6) is 0 Å². The maximum Gasteiger partial charge on any atom is 0.150 e. The average molecular weight is 278 g/mol. The monoisotopic (exact) mass is 278 g/mol. The van der Waals surface area contributed by atoms with Crippen molar-refractivity contribution in [3.8, 4) is 0 Å². The number of hydrogen-bond donors (Lipinski definition) is 2. The molecule has 2 N–H and O–H groups in total. The van der Waals surface area contributed by atoms with Crippen LogP contribution in [0.4, 0.5) is 17.5 Å². The van der Waals surface area contributed by atoms with E-state index in [-0.39, 0.29) is 0 Å². The van der Waals surface area contributed by atoms with Gasteiger partial charge in [0.1, 0.15) is 23.8 Å². The molecule has 6 nitrogen and oxygen atoms in total. The Morgan fingerprint density at radius 2 is 1.71 bits per heavy atom. The summed E-state index contributed by atoms with van der Waals surface area (Å²) in [5, 5.41) is 6.34. The molecule has 104 valence electrons. The van der Waals surface area contributed by atoms with E-state index < -0.39 is 0 Å². The van der Waals surface area contributed by atoms with Crippen LogP contribution in [0, 0.1) is 0 Å². The van der Waals surface area contributed by atoms with Gasteiger partial charge in [-0.25, -0.2) is 15.0 Å². The fraction of sp³-hybridized carbons (Fsp3) is 0.0667. The summed E-state index contributed by atoms with van der Waals surface area (Å²) in [4.78, 5) is 16.5. The summed E-state index contributed by atoms with van der Waals surface area (Å²) < 4.78 is 0. The van der Waals surface area contributed by atoms with Crippen molar-refractivity contribution < 1.29 is 0 Å². The molecular formula is C15H14N6. The molecule has 0 radical (unpaired) electrons. The molecule has 2 heterocycles. The van der Waals surface area contributed by atoms with Crippen LogP contribution in [0.2, 0.25) is 0 Å². The van der Waals surface area contributed by atoms with Crippen molar-refractivity contribution in [2.45, 2.75) is 6.54 Å². The average Bonchev–Trinajstić information content (AvgIpc) is 2.55. The van der Waals surface area contributed by atoms with Crippen LogP contribution < -0.4 is 10.6 Å². The van der Waals surface area contributed by atoms with E-state index in [1.807, 2.05) is 24.3 Å². The van der Waals surface area contributed by atoms with Gasteiger partial charge in [0.05, 0.1) is 6.20 Å². The summed E-state index contributed by atoms with van der Waals surface area (Å²) >= 11 is 0. The molecular weight excluding hydrogens is 264 g/mol. The fourth-order valence-corrected chi connectivity index (χ4v) is 1.81. The molecule has 0 aliphatic rings. The highest BCUT2D eigenvalue weighted by Gasteiger charge is 2.00. The van der Waals surface area contributed by atoms with Crippen molar-refractivity contribution in [1.82, 2.24) is 19.9 Å². The largest absolute Gasteiger partial charge is 0.366 e. The van der Waals surface area contributed by atoms with Crippen LogP contribution in [0.3, 0.4) is 0 Å². The lowest BCUT2D eigenvalue weighted by Gasteiger charge is -2.08. The zero-order valence-corrected chi connectivity index (χ0v) is 11.3. The zero-order valence-electron chi connectivity index (χ0n) is 11.3. The Kier molecular flexibility index (Phi) is 3.97. The van der Waals surface area contributed by atoms with Crippen molar-refractivity contribution in [3.63, 3.8) is 0 Å². The molecule has 1 aromatic carbocycles. The van der Waals surface area contributed by atoms with E-state index in [2.05, 4.69) is 42.7 Å². The maximum absolute atomic E-state index is 4.20. The first-order valence-electron chi connectivity index (χ1n) is 6.53. The minimum absolute atomic E-state index is 0.644. The highest BCUT2D eigenvalue weighted by Crippen LogP contribution is 2.13. The normalized spacial score (nSPS) is 10.1. The van der Waals surface area contributed by atoms with Crippen LogP contribution >= 0.6 is 0 Å². The third-order valence-corrected chi connectivity index (χ3v) is 2.80. The SMILES string of the molecule is c1ccc(CNc2cc(Nc3cnccn3)ncn2)cc1. The summed E-state index contributed by atoms with van der Waals surface area (Å²) in [7, 11) is 0. The zero-order chi connectivity index (χ0) is 14.3. The molecule has 0 aliphatic heterocycles. The number of nitrogens with zero attached hydrogens (tertiary/aromatic N) is 4. The minimum atomic E-state index is 0.644. The Morgan fingerprint density at radius 3 is 2.52 bits per heavy atom. The molecule has 0 spiro atoms. The minimum Gasteiger partial charge on any atom is -0.366 e. The smallest absolute Gasteiger partial charge is 0.150 e. The Hall–Kier alpha value is -3.02. The van der Waals surface area contributed by atoms with Crippen LogP contribution in [0.25, 0.3) is 0 Å². The van der Waals surface area contributed by atoms with Crippen molar-refractivity contribution in [2.24, 2.45) is 0 Å². The fourth-order valence-electron chi connectivity index (χ4n) is 1.81. The molecule has 0 aliphatic carbocycles. The molecule has 0 saturated heterocycles. The number of benzene rings is 1. The van der Waals surface area contributed by atoms with Gasteiger partial charge in [-0.2, -0.15) is 0 Å². The number of anilines is 3. The predicted octanol–water partition coefficient (Wildman–Crippen LogP) is 2.62. The lowest BCUT2D eigenvalue weighted by molar-refractivity contribution is 1.08. The highest BCUT2D eigenvalue weighted by molar-refractivity contribution is 5.54. The topological polar surface area (TPSA) is 75.6 Å². The molecule has 2 aromatic heterocycles. The first-order chi connectivity index (χ1) is 10.4. The van der Waals surface area contributed by atoms with Crippen LogP contribution in [-0.2, 0) is 6.54 Å². The molecule has 3 rings (SSSR count). The predicted molar refractivity (Wildman–Crippen MR) is 81.1 cm³/mol. The third-order valence-electron chi connectivity index (χ3n) is 2.80. The second kappa shape index (κ2) is 6.42. The quantitative estimate of drug-likeness (QED) is 0.747. The number of nitrogens with one attached hydrogen (secondary N) is 2. The van der Waals surface area contributed by atoms with Gasteiger partial charge in [-0.05, 0) is 5.56 Å². The summed E-state index contributed by atoms with van der Waals surface area (Å²) in [5.74, 6) is 2.06. The second-order valence-corrected chi connectivity index (χ2v) is 4.34. The standard InChI is InChI=1S/C15H14N6/c1-2-4-12(5-3-1)9-18-13-8-14(20-11-19-13)21-15-10-16-6-7-17-15/h1-8,10-11H,9H2,(H2,17,18,19,20,21). The van der Waals surface area contributed by atoms with Crippen molar-refractivity contribution in [3.05, 3.63) is 66.9 Å². The van der Waals surface area contributed by atoms with Gasteiger partial charge < -0.3 is 10.6 Å². The number of hydrogen-bond acceptors (Lipinski definition) is 6. The van der Waals surface area contributed by atoms with Crippen molar-refractivity contribution in [2.75, 3.05) is 10.6 Å². The Bertz CT molecular complexity index is 687. The first kappa shape index (κ1) is 13.0. The van der Waals surface area contributed by atoms with Gasteiger partial charge in [0.2, 0.25) is 0 Å². The second-order valence-electron chi connectivity index (χ2n) is 4.34. The third kappa shape index (κ3) is 3.73. The Morgan fingerprint density at radius 1 is 0.857 bits per heavy atom. The summed E-state index contributed by atoms with van der Waals surface area (Å²) in [6, 6.07) is 12.0. The van der Waals surface area contributed by atoms with E-state index >= 15 is 0 Å². The van der Waals surface area contributed by atoms with Gasteiger partial charge in [0.15, 0.2) is 0 Å². The van der Waals surface area contributed by atoms with E-state index in [0.29, 0.717) is 18.2 Å². The van der Waals surface area contributed by atoms with Gasteiger partial charge in [0, 0.05) is 25.0 Å². The first-order valence-corrected chi connectivity index (χ1v) is 6.53. The van der Waals surface area contributed by atoms with E-state index in [1.165, 1.54) is 11.9 Å². The lowest BCUT2D eigenvalue weighted by atomic mass is 10.2. The van der Waals surface area contributed by atoms with Crippen LogP contribution in [-0.4, -0.2) is 19.9 Å². The lowest BCUT2D eigenvalue weighted by Crippen LogP contribution is -2.03. The molecule has 0 unspecified atom stereocenters. The molecule has 3 aromatic rings. The van der Waals surface area contributed by atoms with Gasteiger partial charge in [-0.15, -0.1) is 0 Å². The van der Waals surface area contributed by atoms with Crippen molar-refractivity contribution >= 4 is 17.5 Å². The molecule has 0 saturated carbocycles. The summed E-state index contributed by atoms with van der Waals surface area (Å²) in [6.45, 7) is 0.711. The molecule has 6 heteroatoms.